The molecular weight excluding hydrogens is 297 g/mol. The van der Waals surface area contributed by atoms with Crippen LogP contribution in [0.15, 0.2) is 12.1 Å². The Morgan fingerprint density at radius 3 is 2.68 bits per heavy atom. The van der Waals surface area contributed by atoms with Gasteiger partial charge in [-0.25, -0.2) is 0 Å². The Morgan fingerprint density at radius 1 is 1.23 bits per heavy atom. The van der Waals surface area contributed by atoms with Crippen molar-refractivity contribution in [3.05, 3.63) is 18.0 Å². The van der Waals surface area contributed by atoms with Crippen molar-refractivity contribution in [2.45, 2.75) is 26.1 Å². The highest BCUT2D eigenvalue weighted by Crippen LogP contribution is 2.22. The molecule has 9 heteroatoms. The van der Waals surface area contributed by atoms with Crippen LogP contribution in [0.25, 0.3) is 5.65 Å². The number of nitrogens with zero attached hydrogens (tertiary/aromatic N) is 6. The average Bonchev–Trinajstić information content (AvgIpc) is 2.81. The van der Waals surface area contributed by atoms with Gasteiger partial charge in [-0.15, -0.1) is 15.3 Å². The van der Waals surface area contributed by atoms with E-state index in [0.29, 0.717) is 31.1 Å². The fourth-order valence-corrected chi connectivity index (χ4v) is 2.72. The molecule has 6 nitrogen and oxygen atoms in total. The first-order valence-electron chi connectivity index (χ1n) is 7.08. The molecule has 0 bridgehead atoms. The number of hydrogen-bond acceptors (Lipinski definition) is 5. The summed E-state index contributed by atoms with van der Waals surface area (Å²) in [4.78, 5) is 3.45. The fraction of sp³-hybridized carbons (Fsp3) is 0.615. The van der Waals surface area contributed by atoms with E-state index in [1.54, 1.807) is 18.4 Å². The molecule has 1 atom stereocenters. The molecule has 1 aliphatic rings. The normalized spacial score (nSPS) is 20.8. The van der Waals surface area contributed by atoms with E-state index in [1.807, 2.05) is 17.0 Å². The third-order valence-corrected chi connectivity index (χ3v) is 3.88. The first-order chi connectivity index (χ1) is 10.3. The summed E-state index contributed by atoms with van der Waals surface area (Å²) in [5.41, 5.74) is 0.657. The van der Waals surface area contributed by atoms with Crippen molar-refractivity contribution in [2.75, 3.05) is 31.1 Å². The van der Waals surface area contributed by atoms with Crippen molar-refractivity contribution in [3.63, 3.8) is 0 Å². The van der Waals surface area contributed by atoms with Gasteiger partial charge in [-0.3, -0.25) is 4.90 Å². The molecule has 0 aliphatic carbocycles. The first kappa shape index (κ1) is 15.0. The minimum absolute atomic E-state index is 0.185. The van der Waals surface area contributed by atoms with E-state index in [4.69, 9.17) is 0 Å². The molecule has 3 heterocycles. The highest BCUT2D eigenvalue weighted by molar-refractivity contribution is 5.46. The van der Waals surface area contributed by atoms with Crippen LogP contribution < -0.4 is 4.90 Å². The zero-order chi connectivity index (χ0) is 15.9. The van der Waals surface area contributed by atoms with Gasteiger partial charge in [-0.05, 0) is 26.0 Å². The molecule has 2 aromatic rings. The van der Waals surface area contributed by atoms with Crippen LogP contribution in [-0.4, -0.2) is 63.1 Å². The van der Waals surface area contributed by atoms with Crippen LogP contribution in [-0.2, 0) is 0 Å². The van der Waals surface area contributed by atoms with Crippen molar-refractivity contribution in [1.29, 1.82) is 0 Å². The molecule has 0 radical (unpaired) electrons. The summed E-state index contributed by atoms with van der Waals surface area (Å²) in [5, 5.41) is 12.4. The summed E-state index contributed by atoms with van der Waals surface area (Å²) in [6, 6.07) is 3.46. The number of hydrogen-bond donors (Lipinski definition) is 0. The van der Waals surface area contributed by atoms with Gasteiger partial charge >= 0.3 is 6.18 Å². The van der Waals surface area contributed by atoms with Crippen molar-refractivity contribution in [1.82, 2.24) is 24.7 Å². The summed E-state index contributed by atoms with van der Waals surface area (Å²) in [5.74, 6) is 1.41. The zero-order valence-electron chi connectivity index (χ0n) is 12.4. The third-order valence-electron chi connectivity index (χ3n) is 3.88. The molecular formula is C13H17F3N6. The quantitative estimate of drug-likeness (QED) is 0.841. The van der Waals surface area contributed by atoms with Crippen LogP contribution in [0.5, 0.6) is 0 Å². The van der Waals surface area contributed by atoms with E-state index < -0.39 is 12.7 Å². The van der Waals surface area contributed by atoms with Gasteiger partial charge in [0.1, 0.15) is 5.82 Å². The largest absolute Gasteiger partial charge is 0.401 e. The van der Waals surface area contributed by atoms with Crippen molar-refractivity contribution in [2.24, 2.45) is 0 Å². The van der Waals surface area contributed by atoms with Gasteiger partial charge < -0.3 is 4.90 Å². The number of fused-ring (bicyclic) bond motifs is 1. The highest BCUT2D eigenvalue weighted by atomic mass is 19.4. The molecule has 0 aromatic carbocycles. The smallest absolute Gasteiger partial charge is 0.352 e. The number of alkyl halides is 3. The van der Waals surface area contributed by atoms with Crippen molar-refractivity contribution >= 4 is 11.5 Å². The minimum Gasteiger partial charge on any atom is -0.352 e. The predicted molar refractivity (Wildman–Crippen MR) is 74.8 cm³/mol. The molecule has 0 spiro atoms. The minimum atomic E-state index is -4.16. The van der Waals surface area contributed by atoms with Crippen LogP contribution >= 0.6 is 0 Å². The second kappa shape index (κ2) is 5.38. The Morgan fingerprint density at radius 2 is 2.00 bits per heavy atom. The lowest BCUT2D eigenvalue weighted by molar-refractivity contribution is -0.150. The van der Waals surface area contributed by atoms with Crippen LogP contribution in [0, 0.1) is 6.92 Å². The Labute approximate surface area is 125 Å². The van der Waals surface area contributed by atoms with Crippen LogP contribution in [0.3, 0.4) is 0 Å². The number of aromatic nitrogens is 4. The van der Waals surface area contributed by atoms with E-state index >= 15 is 0 Å². The van der Waals surface area contributed by atoms with Gasteiger partial charge in [0.05, 0.1) is 6.54 Å². The molecule has 0 amide bonds. The zero-order valence-corrected chi connectivity index (χ0v) is 12.4. The van der Waals surface area contributed by atoms with Gasteiger partial charge in [0.25, 0.3) is 0 Å². The third kappa shape index (κ3) is 2.99. The maximum Gasteiger partial charge on any atom is 0.401 e. The van der Waals surface area contributed by atoms with Gasteiger partial charge in [-0.2, -0.15) is 17.7 Å². The molecule has 1 fully saturated rings. The van der Waals surface area contributed by atoms with Gasteiger partial charge in [0, 0.05) is 25.7 Å². The monoisotopic (exact) mass is 314 g/mol. The Bertz CT molecular complexity index is 667. The number of aryl methyl sites for hydroxylation is 1. The molecule has 3 rings (SSSR count). The standard InChI is InChI=1S/C13H17F3N6/c1-9-7-20(5-6-21(9)8-13(14,15)16)12-4-3-11-18-17-10(2)22(11)19-12/h3-4,9H,5-8H2,1-2H3. The SMILES string of the molecule is Cc1nnc2ccc(N3CCN(CC(F)(F)F)C(C)C3)nn12. The maximum absolute atomic E-state index is 12.5. The number of halogens is 3. The van der Waals surface area contributed by atoms with Crippen LogP contribution in [0.1, 0.15) is 12.7 Å². The lowest BCUT2D eigenvalue weighted by atomic mass is 10.2. The lowest BCUT2D eigenvalue weighted by Crippen LogP contribution is -2.54. The summed E-state index contributed by atoms with van der Waals surface area (Å²) >= 11 is 0. The number of rotatable bonds is 2. The summed E-state index contributed by atoms with van der Waals surface area (Å²) < 4.78 is 39.2. The molecule has 0 N–H and O–H groups in total. The Hall–Kier alpha value is -1.90. The van der Waals surface area contributed by atoms with E-state index in [2.05, 4.69) is 15.3 Å². The molecule has 1 saturated heterocycles. The summed E-state index contributed by atoms with van der Waals surface area (Å²) in [6.45, 7) is 4.14. The Balaban J connectivity index is 1.75. The lowest BCUT2D eigenvalue weighted by Gasteiger charge is -2.40. The first-order valence-corrected chi connectivity index (χ1v) is 7.08. The van der Waals surface area contributed by atoms with E-state index in [9.17, 15) is 13.2 Å². The van der Waals surface area contributed by atoms with Gasteiger partial charge in [0.2, 0.25) is 0 Å². The van der Waals surface area contributed by atoms with Crippen LogP contribution in [0.2, 0.25) is 0 Å². The van der Waals surface area contributed by atoms with E-state index in [-0.39, 0.29) is 6.04 Å². The second-order valence-corrected chi connectivity index (χ2v) is 5.59. The summed E-state index contributed by atoms with van der Waals surface area (Å²) in [7, 11) is 0. The molecule has 0 saturated carbocycles. The molecule has 1 unspecified atom stereocenters. The molecule has 1 aliphatic heterocycles. The van der Waals surface area contributed by atoms with Gasteiger partial charge in [-0.1, -0.05) is 0 Å². The number of piperazine rings is 1. The van der Waals surface area contributed by atoms with Crippen LogP contribution in [0.4, 0.5) is 19.0 Å². The topological polar surface area (TPSA) is 49.6 Å². The fourth-order valence-electron chi connectivity index (χ4n) is 2.72. The highest BCUT2D eigenvalue weighted by Gasteiger charge is 2.35. The summed E-state index contributed by atoms with van der Waals surface area (Å²) in [6.07, 6.45) is -4.16. The molecule has 22 heavy (non-hydrogen) atoms. The van der Waals surface area contributed by atoms with Crippen molar-refractivity contribution < 1.29 is 13.2 Å². The molecule has 2 aromatic heterocycles. The maximum atomic E-state index is 12.5. The van der Waals surface area contributed by atoms with E-state index in [0.717, 1.165) is 5.82 Å². The molecule has 120 valence electrons. The predicted octanol–water partition coefficient (Wildman–Crippen LogP) is 1.51. The van der Waals surface area contributed by atoms with E-state index in [1.165, 1.54) is 4.90 Å². The Kier molecular flexibility index (Phi) is 3.67. The second-order valence-electron chi connectivity index (χ2n) is 5.59. The van der Waals surface area contributed by atoms with Gasteiger partial charge in [0.15, 0.2) is 11.5 Å². The van der Waals surface area contributed by atoms with Crippen molar-refractivity contribution in [3.8, 4) is 0 Å². The number of anilines is 1. The average molecular weight is 314 g/mol.